The van der Waals surface area contributed by atoms with Crippen LogP contribution in [0, 0.1) is 23.7 Å². The van der Waals surface area contributed by atoms with Crippen LogP contribution < -0.4 is 4.74 Å². The van der Waals surface area contributed by atoms with Crippen molar-refractivity contribution in [3.05, 3.63) is 59.3 Å². The van der Waals surface area contributed by atoms with E-state index >= 15 is 0 Å². The van der Waals surface area contributed by atoms with Crippen LogP contribution in [0.1, 0.15) is 54.0 Å². The molecule has 1 N–H and O–H groups in total. The van der Waals surface area contributed by atoms with Crippen LogP contribution in [0.25, 0.3) is 0 Å². The maximum Gasteiger partial charge on any atom is 0.259 e. The Kier molecular flexibility index (Phi) is 8.30. The second kappa shape index (κ2) is 11.2. The fraction of sp³-hybridized carbons (Fsp3) is 0.444. The number of aliphatic hydroxyl groups is 1. The molecule has 0 saturated heterocycles. The number of pyridine rings is 1. The topological polar surface area (TPSA) is 83.0 Å². The zero-order valence-corrected chi connectivity index (χ0v) is 20.5. The molecular formula is C27H33N3O4. The zero-order chi connectivity index (χ0) is 24.8. The largest absolute Gasteiger partial charge is 0.472 e. The van der Waals surface area contributed by atoms with Gasteiger partial charge in [-0.2, -0.15) is 0 Å². The Morgan fingerprint density at radius 2 is 2.00 bits per heavy atom. The Morgan fingerprint density at radius 3 is 2.65 bits per heavy atom. The van der Waals surface area contributed by atoms with Gasteiger partial charge in [-0.3, -0.25) is 9.59 Å². The van der Waals surface area contributed by atoms with Gasteiger partial charge in [0, 0.05) is 42.8 Å². The van der Waals surface area contributed by atoms with Gasteiger partial charge in [0.15, 0.2) is 0 Å². The van der Waals surface area contributed by atoms with Crippen molar-refractivity contribution in [3.63, 3.8) is 0 Å². The summed E-state index contributed by atoms with van der Waals surface area (Å²) in [6.07, 6.45) is 1.20. The third-order valence-corrected chi connectivity index (χ3v) is 5.85. The smallest absolute Gasteiger partial charge is 0.259 e. The Labute approximate surface area is 201 Å². The number of aliphatic hydroxyl groups excluding tert-OH is 1. The van der Waals surface area contributed by atoms with Gasteiger partial charge < -0.3 is 19.6 Å². The van der Waals surface area contributed by atoms with Crippen LogP contribution in [0.3, 0.4) is 0 Å². The molecule has 1 aromatic heterocycles. The van der Waals surface area contributed by atoms with Crippen molar-refractivity contribution in [3.8, 4) is 17.7 Å². The summed E-state index contributed by atoms with van der Waals surface area (Å²) in [6.45, 7) is 8.30. The van der Waals surface area contributed by atoms with Gasteiger partial charge in [-0.15, -0.1) is 0 Å². The molecule has 3 rings (SSSR count). The molecule has 0 bridgehead atoms. The van der Waals surface area contributed by atoms with E-state index in [9.17, 15) is 14.7 Å². The van der Waals surface area contributed by atoms with E-state index in [0.717, 1.165) is 0 Å². The zero-order valence-electron chi connectivity index (χ0n) is 20.5. The van der Waals surface area contributed by atoms with Crippen molar-refractivity contribution in [1.82, 2.24) is 14.8 Å². The van der Waals surface area contributed by atoms with E-state index in [-0.39, 0.29) is 42.2 Å². The quantitative estimate of drug-likeness (QED) is 0.689. The molecule has 1 aliphatic rings. The lowest BCUT2D eigenvalue weighted by Gasteiger charge is -2.37. The maximum atomic E-state index is 13.4. The third kappa shape index (κ3) is 5.95. The lowest BCUT2D eigenvalue weighted by Crippen LogP contribution is -2.50. The standard InChI is InChI=1S/C27H33N3O4/c1-18(2)11-12-21-13-23-25(28-14-21)34-24(19(3)15-30(27(23)33)20(4)17-31)16-29(5)26(32)22-9-7-6-8-10-22/h6-10,13-14,18-20,24,31H,15-17H2,1-5H3/t19-,20+,24-/m0/s1. The number of hydrogen-bond donors (Lipinski definition) is 1. The van der Waals surface area contributed by atoms with Crippen molar-refractivity contribution in [2.75, 3.05) is 26.7 Å². The second-order valence-corrected chi connectivity index (χ2v) is 9.18. The highest BCUT2D eigenvalue weighted by Gasteiger charge is 2.34. The summed E-state index contributed by atoms with van der Waals surface area (Å²) in [5.41, 5.74) is 1.54. The van der Waals surface area contributed by atoms with Crippen LogP contribution in [0.4, 0.5) is 0 Å². The molecule has 2 aromatic rings. The highest BCUT2D eigenvalue weighted by molar-refractivity contribution is 5.97. The van der Waals surface area contributed by atoms with Crippen LogP contribution in [0.5, 0.6) is 5.88 Å². The number of aromatic nitrogens is 1. The molecule has 1 aliphatic heterocycles. The predicted octanol–water partition coefficient (Wildman–Crippen LogP) is 3.08. The lowest BCUT2D eigenvalue weighted by atomic mass is 9.99. The molecular weight excluding hydrogens is 430 g/mol. The van der Waals surface area contributed by atoms with E-state index < -0.39 is 6.10 Å². The van der Waals surface area contributed by atoms with Gasteiger partial charge in [0.05, 0.1) is 19.2 Å². The average molecular weight is 464 g/mol. The van der Waals surface area contributed by atoms with Gasteiger partial charge in [-0.25, -0.2) is 4.98 Å². The number of carbonyl (C=O) groups is 2. The summed E-state index contributed by atoms with van der Waals surface area (Å²) in [6, 6.07) is 10.4. The number of amides is 2. The normalized spacial score (nSPS) is 18.7. The van der Waals surface area contributed by atoms with Gasteiger partial charge in [-0.05, 0) is 25.1 Å². The molecule has 2 amide bonds. The van der Waals surface area contributed by atoms with Crippen LogP contribution in [-0.4, -0.2) is 70.6 Å². The molecule has 0 saturated carbocycles. The number of hydrogen-bond acceptors (Lipinski definition) is 5. The molecule has 7 heteroatoms. The van der Waals surface area contributed by atoms with Crippen molar-refractivity contribution in [2.24, 2.45) is 11.8 Å². The van der Waals surface area contributed by atoms with E-state index in [1.807, 2.05) is 45.9 Å². The predicted molar refractivity (Wildman–Crippen MR) is 131 cm³/mol. The summed E-state index contributed by atoms with van der Waals surface area (Å²) >= 11 is 0. The Hall–Kier alpha value is -3.37. The Bertz CT molecular complexity index is 1070. The molecule has 2 heterocycles. The van der Waals surface area contributed by atoms with Gasteiger partial charge in [-0.1, -0.05) is 50.8 Å². The SMILES string of the molecule is CC(C)C#Cc1cnc2c(c1)C(=O)N([C@H](C)CO)C[C@H](C)[C@H](CN(C)C(=O)c1ccccc1)O2. The van der Waals surface area contributed by atoms with Crippen LogP contribution in [0.2, 0.25) is 0 Å². The Balaban J connectivity index is 1.95. The average Bonchev–Trinajstić information content (AvgIpc) is 2.84. The first-order valence-electron chi connectivity index (χ1n) is 11.6. The van der Waals surface area contributed by atoms with Gasteiger partial charge in [0.25, 0.3) is 11.8 Å². The molecule has 7 nitrogen and oxygen atoms in total. The van der Waals surface area contributed by atoms with Crippen molar-refractivity contribution in [1.29, 1.82) is 0 Å². The number of likely N-dealkylation sites (N-methyl/N-ethyl adjacent to an activating group) is 1. The number of fused-ring (bicyclic) bond motifs is 1. The highest BCUT2D eigenvalue weighted by Crippen LogP contribution is 2.27. The van der Waals surface area contributed by atoms with Gasteiger partial charge >= 0.3 is 0 Å². The van der Waals surface area contributed by atoms with E-state index in [4.69, 9.17) is 4.74 Å². The first kappa shape index (κ1) is 25.3. The summed E-state index contributed by atoms with van der Waals surface area (Å²) in [5, 5.41) is 9.80. The summed E-state index contributed by atoms with van der Waals surface area (Å²) < 4.78 is 6.26. The molecule has 34 heavy (non-hydrogen) atoms. The molecule has 0 radical (unpaired) electrons. The number of rotatable bonds is 5. The minimum Gasteiger partial charge on any atom is -0.472 e. The van der Waals surface area contributed by atoms with Gasteiger partial charge in [0.1, 0.15) is 11.7 Å². The second-order valence-electron chi connectivity index (χ2n) is 9.18. The van der Waals surface area contributed by atoms with Crippen molar-refractivity contribution < 1.29 is 19.4 Å². The van der Waals surface area contributed by atoms with Crippen LogP contribution in [-0.2, 0) is 0 Å². The van der Waals surface area contributed by atoms with Crippen LogP contribution >= 0.6 is 0 Å². The number of nitrogens with zero attached hydrogens (tertiary/aromatic N) is 3. The first-order chi connectivity index (χ1) is 16.2. The third-order valence-electron chi connectivity index (χ3n) is 5.85. The molecule has 0 spiro atoms. The van der Waals surface area contributed by atoms with E-state index in [1.165, 1.54) is 0 Å². The lowest BCUT2D eigenvalue weighted by molar-refractivity contribution is 0.0313. The minimum atomic E-state index is -0.405. The summed E-state index contributed by atoms with van der Waals surface area (Å²) in [7, 11) is 1.74. The highest BCUT2D eigenvalue weighted by atomic mass is 16.5. The fourth-order valence-corrected chi connectivity index (χ4v) is 3.77. The summed E-state index contributed by atoms with van der Waals surface area (Å²) in [5.74, 6) is 6.06. The molecule has 0 unspecified atom stereocenters. The maximum absolute atomic E-state index is 13.4. The Morgan fingerprint density at radius 1 is 1.29 bits per heavy atom. The fourth-order valence-electron chi connectivity index (χ4n) is 3.77. The number of benzene rings is 1. The molecule has 180 valence electrons. The summed E-state index contributed by atoms with van der Waals surface area (Å²) in [4.78, 5) is 34.0. The van der Waals surface area contributed by atoms with Gasteiger partial charge in [0.2, 0.25) is 5.88 Å². The van der Waals surface area contributed by atoms with Crippen molar-refractivity contribution >= 4 is 11.8 Å². The van der Waals surface area contributed by atoms with E-state index in [2.05, 4.69) is 16.8 Å². The van der Waals surface area contributed by atoms with E-state index in [0.29, 0.717) is 29.8 Å². The number of ether oxygens (including phenoxy) is 1. The molecule has 0 fully saturated rings. The minimum absolute atomic E-state index is 0.109. The number of carbonyl (C=O) groups excluding carboxylic acids is 2. The molecule has 3 atom stereocenters. The monoisotopic (exact) mass is 463 g/mol. The van der Waals surface area contributed by atoms with E-state index in [1.54, 1.807) is 41.2 Å². The van der Waals surface area contributed by atoms with Crippen LogP contribution in [0.15, 0.2) is 42.6 Å². The molecule has 1 aromatic carbocycles. The molecule has 0 aliphatic carbocycles. The van der Waals surface area contributed by atoms with Crippen molar-refractivity contribution in [2.45, 2.75) is 39.8 Å². The first-order valence-corrected chi connectivity index (χ1v) is 11.6.